The molecule has 0 bridgehead atoms. The van der Waals surface area contributed by atoms with Crippen LogP contribution in [-0.2, 0) is 24.0 Å². The first-order chi connectivity index (χ1) is 14.5. The molecule has 0 saturated heterocycles. The number of benzene rings is 2. The second-order valence-electron chi connectivity index (χ2n) is 9.70. The lowest BCUT2D eigenvalue weighted by Crippen LogP contribution is -2.40. The first-order valence-corrected chi connectivity index (χ1v) is 14.0. The Kier molecular flexibility index (Phi) is 6.58. The van der Waals surface area contributed by atoms with Crippen molar-refractivity contribution >= 4 is 19.2 Å². The summed E-state index contributed by atoms with van der Waals surface area (Å²) in [4.78, 5) is 12.5. The number of aryl methyl sites for hydroxylation is 2. The molecule has 3 rings (SSSR count). The predicted octanol–water partition coefficient (Wildman–Crippen LogP) is 6.91. The molecule has 3 nitrogen and oxygen atoms in total. The minimum atomic E-state index is -1.87. The monoisotopic (exact) mass is 439 g/mol. The molecular formula is C26H34FNO2Si. The molecule has 0 aliphatic rings. The largest absolute Gasteiger partial charge is 0.413 e. The third-order valence-corrected chi connectivity index (χ3v) is 11.1. The van der Waals surface area contributed by atoms with Crippen LogP contribution in [-0.4, -0.2) is 12.9 Å². The molecule has 0 saturated carbocycles. The highest BCUT2D eigenvalue weighted by Gasteiger charge is 2.37. The maximum Gasteiger partial charge on any atom is 0.192 e. The topological polar surface area (TPSA) is 31.2 Å². The maximum absolute atomic E-state index is 15.1. The average Bonchev–Trinajstić information content (AvgIpc) is 2.71. The molecule has 0 N–H and O–H groups in total. The summed E-state index contributed by atoms with van der Waals surface area (Å²) in [5.74, 6) is -0.376. The van der Waals surface area contributed by atoms with Crippen molar-refractivity contribution in [1.29, 1.82) is 0 Å². The number of aromatic nitrogens is 1. The molecule has 166 valence electrons. The highest BCUT2D eigenvalue weighted by molar-refractivity contribution is 6.74. The molecule has 0 fully saturated rings. The van der Waals surface area contributed by atoms with E-state index >= 15 is 4.39 Å². The van der Waals surface area contributed by atoms with E-state index in [2.05, 4.69) is 38.4 Å². The zero-order valence-corrected chi connectivity index (χ0v) is 20.8. The van der Waals surface area contributed by atoms with Crippen molar-refractivity contribution in [2.24, 2.45) is 0 Å². The summed E-state index contributed by atoms with van der Waals surface area (Å²) in [5.41, 5.74) is 3.96. The number of hydrogen-bond donors (Lipinski definition) is 0. The molecule has 1 heterocycles. The number of pyridine rings is 1. The van der Waals surface area contributed by atoms with Gasteiger partial charge in [-0.2, -0.15) is 0 Å². The van der Waals surface area contributed by atoms with E-state index in [0.29, 0.717) is 17.6 Å². The second kappa shape index (κ2) is 8.71. The van der Waals surface area contributed by atoms with E-state index in [4.69, 9.17) is 4.43 Å². The highest BCUT2D eigenvalue weighted by Crippen LogP contribution is 2.37. The van der Waals surface area contributed by atoms with Crippen LogP contribution in [0.25, 0.3) is 22.0 Å². The number of fused-ring (bicyclic) bond motifs is 1. The zero-order valence-electron chi connectivity index (χ0n) is 19.8. The Hall–Kier alpha value is -2.24. The van der Waals surface area contributed by atoms with Gasteiger partial charge in [-0.15, -0.1) is 0 Å². The third kappa shape index (κ3) is 4.68. The Bertz CT molecular complexity index is 1160. The minimum absolute atomic E-state index is 0.126. The van der Waals surface area contributed by atoms with E-state index in [9.17, 15) is 4.79 Å². The first-order valence-electron chi connectivity index (χ1n) is 11.1. The summed E-state index contributed by atoms with van der Waals surface area (Å²) in [6.07, 6.45) is 0.756. The van der Waals surface area contributed by atoms with Gasteiger partial charge in [-0.3, -0.25) is 4.79 Å². The van der Waals surface area contributed by atoms with Gasteiger partial charge in [0, 0.05) is 29.3 Å². The van der Waals surface area contributed by atoms with Crippen LogP contribution in [0.1, 0.15) is 45.9 Å². The quantitative estimate of drug-likeness (QED) is 0.391. The molecule has 0 aliphatic heterocycles. The van der Waals surface area contributed by atoms with Gasteiger partial charge in [0.1, 0.15) is 5.82 Å². The van der Waals surface area contributed by atoms with Crippen LogP contribution in [0.2, 0.25) is 18.1 Å². The lowest BCUT2D eigenvalue weighted by molar-refractivity contribution is 0.276. The number of rotatable bonds is 6. The van der Waals surface area contributed by atoms with Crippen molar-refractivity contribution in [3.63, 3.8) is 0 Å². The Morgan fingerprint density at radius 2 is 1.77 bits per heavy atom. The fourth-order valence-corrected chi connectivity index (χ4v) is 4.60. The van der Waals surface area contributed by atoms with Gasteiger partial charge in [0.2, 0.25) is 0 Å². The lowest BCUT2D eigenvalue weighted by atomic mass is 10.00. The molecule has 31 heavy (non-hydrogen) atoms. The van der Waals surface area contributed by atoms with E-state index in [1.807, 2.05) is 44.2 Å². The summed E-state index contributed by atoms with van der Waals surface area (Å²) < 4.78 is 23.5. The van der Waals surface area contributed by atoms with Crippen LogP contribution in [0.5, 0.6) is 0 Å². The molecule has 0 amide bonds. The molecular weight excluding hydrogens is 405 g/mol. The van der Waals surface area contributed by atoms with Crippen molar-refractivity contribution in [3.8, 4) is 11.1 Å². The molecule has 2 aromatic carbocycles. The molecule has 0 radical (unpaired) electrons. The third-order valence-electron chi connectivity index (χ3n) is 6.61. The van der Waals surface area contributed by atoms with Crippen LogP contribution >= 0.6 is 0 Å². The SMILES string of the molecule is CCc1cc(=O)c2cc(F)c(-c3cccc(CO[Si](C)(C)C(C)(C)C)c3)cc2n1CC. The number of halogens is 1. The standard InChI is InChI=1S/C26H34FNO2Si/c1-8-20-14-25(29)22-15-23(27)21(16-24(22)28(20)9-2)19-12-10-11-18(13-19)17-30-31(6,7)26(3,4)5/h10-16H,8-9,17H2,1-7H3. The number of nitrogens with zero attached hydrogens (tertiary/aromatic N) is 1. The van der Waals surface area contributed by atoms with Gasteiger partial charge < -0.3 is 8.99 Å². The average molecular weight is 440 g/mol. The summed E-state index contributed by atoms with van der Waals surface area (Å²) in [6.45, 7) is 16.4. The van der Waals surface area contributed by atoms with Gasteiger partial charge in [0.25, 0.3) is 0 Å². The Labute approximate surface area is 186 Å². The van der Waals surface area contributed by atoms with Crippen molar-refractivity contribution < 1.29 is 8.82 Å². The fourth-order valence-electron chi connectivity index (χ4n) is 3.64. The summed E-state index contributed by atoms with van der Waals surface area (Å²) >= 11 is 0. The molecule has 3 aromatic rings. The van der Waals surface area contributed by atoms with Crippen LogP contribution in [0, 0.1) is 5.82 Å². The lowest BCUT2D eigenvalue weighted by Gasteiger charge is -2.36. The minimum Gasteiger partial charge on any atom is -0.413 e. The second-order valence-corrected chi connectivity index (χ2v) is 14.5. The van der Waals surface area contributed by atoms with E-state index in [1.54, 1.807) is 6.07 Å². The Morgan fingerprint density at radius 3 is 2.39 bits per heavy atom. The van der Waals surface area contributed by atoms with Gasteiger partial charge in [-0.05, 0) is 60.8 Å². The van der Waals surface area contributed by atoms with Crippen LogP contribution in [0.4, 0.5) is 4.39 Å². The van der Waals surface area contributed by atoms with E-state index in [0.717, 1.165) is 35.3 Å². The van der Waals surface area contributed by atoms with E-state index in [-0.39, 0.29) is 16.3 Å². The predicted molar refractivity (Wildman–Crippen MR) is 131 cm³/mol. The molecule has 0 unspecified atom stereocenters. The van der Waals surface area contributed by atoms with Crippen LogP contribution in [0.3, 0.4) is 0 Å². The van der Waals surface area contributed by atoms with E-state index < -0.39 is 8.32 Å². The zero-order chi connectivity index (χ0) is 23.0. The molecule has 5 heteroatoms. The van der Waals surface area contributed by atoms with Gasteiger partial charge >= 0.3 is 0 Å². The summed E-state index contributed by atoms with van der Waals surface area (Å²) in [5, 5.41) is 0.563. The molecule has 0 spiro atoms. The first kappa shape index (κ1) is 23.4. The van der Waals surface area contributed by atoms with Gasteiger partial charge in [0.15, 0.2) is 13.7 Å². The summed E-state index contributed by atoms with van der Waals surface area (Å²) in [7, 11) is -1.87. The van der Waals surface area contributed by atoms with Crippen molar-refractivity contribution in [2.75, 3.05) is 0 Å². The molecule has 1 aromatic heterocycles. The van der Waals surface area contributed by atoms with E-state index in [1.165, 1.54) is 6.07 Å². The van der Waals surface area contributed by atoms with Crippen molar-refractivity contribution in [1.82, 2.24) is 4.57 Å². The van der Waals surface area contributed by atoms with Gasteiger partial charge in [-0.1, -0.05) is 45.9 Å². The smallest absolute Gasteiger partial charge is 0.192 e. The highest BCUT2D eigenvalue weighted by atomic mass is 28.4. The van der Waals surface area contributed by atoms with Crippen molar-refractivity contribution in [3.05, 3.63) is 69.8 Å². The fraction of sp³-hybridized carbons (Fsp3) is 0.423. The van der Waals surface area contributed by atoms with Crippen LogP contribution in [0.15, 0.2) is 47.3 Å². The molecule has 0 atom stereocenters. The maximum atomic E-state index is 15.1. The van der Waals surface area contributed by atoms with Crippen LogP contribution < -0.4 is 5.43 Å². The molecule has 0 aliphatic carbocycles. The number of hydrogen-bond acceptors (Lipinski definition) is 2. The Morgan fingerprint density at radius 1 is 1.06 bits per heavy atom. The summed E-state index contributed by atoms with van der Waals surface area (Å²) in [6, 6.07) is 12.7. The van der Waals surface area contributed by atoms with Gasteiger partial charge in [-0.25, -0.2) is 4.39 Å². The normalized spacial score (nSPS) is 12.5. The van der Waals surface area contributed by atoms with Gasteiger partial charge in [0.05, 0.1) is 12.1 Å². The van der Waals surface area contributed by atoms with Crippen molar-refractivity contribution in [2.45, 2.75) is 72.3 Å². The Balaban J connectivity index is 2.05.